The number of sulfonamides is 1. The Bertz CT molecular complexity index is 1350. The van der Waals surface area contributed by atoms with Gasteiger partial charge in [0.1, 0.15) is 12.6 Å². The summed E-state index contributed by atoms with van der Waals surface area (Å²) in [6, 6.07) is 21.1. The Kier molecular flexibility index (Phi) is 9.94. The van der Waals surface area contributed by atoms with Crippen LogP contribution in [0.4, 0.5) is 5.69 Å². The lowest BCUT2D eigenvalue weighted by Gasteiger charge is -2.33. The zero-order valence-electron chi connectivity index (χ0n) is 22.1. The van der Waals surface area contributed by atoms with Crippen LogP contribution in [0.3, 0.4) is 0 Å². The monoisotopic (exact) mass is 555 g/mol. The van der Waals surface area contributed by atoms with Crippen LogP contribution < -0.4 is 9.62 Å². The Morgan fingerprint density at radius 1 is 0.947 bits per heavy atom. The number of carbonyl (C=O) groups is 2. The number of hydrogen-bond donors (Lipinski definition) is 1. The molecule has 38 heavy (non-hydrogen) atoms. The Labute approximate surface area is 230 Å². The van der Waals surface area contributed by atoms with Gasteiger partial charge in [-0.05, 0) is 69.2 Å². The number of rotatable bonds is 11. The highest BCUT2D eigenvalue weighted by molar-refractivity contribution is 7.92. The highest BCUT2D eigenvalue weighted by Crippen LogP contribution is 2.25. The van der Waals surface area contributed by atoms with Crippen LogP contribution in [-0.2, 0) is 26.2 Å². The van der Waals surface area contributed by atoms with Gasteiger partial charge in [-0.15, -0.1) is 0 Å². The lowest BCUT2D eigenvalue weighted by molar-refractivity contribution is -0.140. The van der Waals surface area contributed by atoms with Crippen molar-refractivity contribution in [3.63, 3.8) is 0 Å². The summed E-state index contributed by atoms with van der Waals surface area (Å²) in [5.74, 6) is -0.769. The van der Waals surface area contributed by atoms with E-state index in [2.05, 4.69) is 5.32 Å². The van der Waals surface area contributed by atoms with Gasteiger partial charge >= 0.3 is 0 Å². The number of anilines is 1. The van der Waals surface area contributed by atoms with Crippen LogP contribution in [0.25, 0.3) is 0 Å². The van der Waals surface area contributed by atoms with Crippen LogP contribution in [0, 0.1) is 6.92 Å². The minimum atomic E-state index is -4.12. The Morgan fingerprint density at radius 2 is 1.61 bits per heavy atom. The number of nitrogens with one attached hydrogen (secondary N) is 1. The SMILES string of the molecule is CC[C@@H](C(=O)NC(C)C)N(Cc1cccc(C)c1)C(=O)CN(c1ccccc1)S(=O)(=O)c1ccc(Cl)cc1. The van der Waals surface area contributed by atoms with Gasteiger partial charge in [-0.3, -0.25) is 13.9 Å². The second-order valence-electron chi connectivity index (χ2n) is 9.40. The van der Waals surface area contributed by atoms with Crippen molar-refractivity contribution in [2.75, 3.05) is 10.8 Å². The fourth-order valence-electron chi connectivity index (χ4n) is 4.16. The van der Waals surface area contributed by atoms with Gasteiger partial charge in [0.05, 0.1) is 10.6 Å². The van der Waals surface area contributed by atoms with Crippen LogP contribution in [0.5, 0.6) is 0 Å². The standard InChI is InChI=1S/C29H34ClN3O4S/c1-5-27(29(35)31-21(2)3)32(19-23-11-9-10-22(4)18-23)28(34)20-33(25-12-7-6-8-13-25)38(36,37)26-16-14-24(30)15-17-26/h6-18,21,27H,5,19-20H2,1-4H3,(H,31,35)/t27-/m0/s1. The van der Waals surface area contributed by atoms with Crippen molar-refractivity contribution in [3.8, 4) is 0 Å². The first-order valence-electron chi connectivity index (χ1n) is 12.5. The number of aryl methyl sites for hydroxylation is 1. The van der Waals surface area contributed by atoms with E-state index in [1.165, 1.54) is 29.2 Å². The van der Waals surface area contributed by atoms with E-state index in [0.29, 0.717) is 17.1 Å². The first kappa shape index (κ1) is 29.2. The number of carbonyl (C=O) groups excluding carboxylic acids is 2. The molecule has 3 rings (SSSR count). The molecule has 0 saturated carbocycles. The third-order valence-corrected chi connectivity index (χ3v) is 8.02. The number of nitrogens with zero attached hydrogens (tertiary/aromatic N) is 2. The van der Waals surface area contributed by atoms with Gasteiger partial charge in [0.15, 0.2) is 0 Å². The number of para-hydroxylation sites is 1. The second kappa shape index (κ2) is 12.9. The number of halogens is 1. The molecule has 0 aliphatic rings. The fraction of sp³-hybridized carbons (Fsp3) is 0.310. The van der Waals surface area contributed by atoms with Crippen molar-refractivity contribution in [1.82, 2.24) is 10.2 Å². The average Bonchev–Trinajstić information content (AvgIpc) is 2.87. The van der Waals surface area contributed by atoms with Gasteiger partial charge in [-0.2, -0.15) is 0 Å². The summed E-state index contributed by atoms with van der Waals surface area (Å²) in [5.41, 5.74) is 2.21. The van der Waals surface area contributed by atoms with E-state index in [0.717, 1.165) is 15.4 Å². The van der Waals surface area contributed by atoms with Crippen molar-refractivity contribution >= 4 is 39.1 Å². The van der Waals surface area contributed by atoms with Gasteiger partial charge in [-0.25, -0.2) is 8.42 Å². The molecular formula is C29H34ClN3O4S. The number of benzene rings is 3. The summed E-state index contributed by atoms with van der Waals surface area (Å²) in [7, 11) is -4.12. The third kappa shape index (κ3) is 7.36. The van der Waals surface area contributed by atoms with Crippen LogP contribution in [-0.4, -0.2) is 43.8 Å². The van der Waals surface area contributed by atoms with Crippen molar-refractivity contribution in [2.45, 2.75) is 57.6 Å². The summed E-state index contributed by atoms with van der Waals surface area (Å²) in [4.78, 5) is 28.6. The Balaban J connectivity index is 2.04. The van der Waals surface area contributed by atoms with Gasteiger partial charge in [-0.1, -0.05) is 66.6 Å². The maximum Gasteiger partial charge on any atom is 0.264 e. The van der Waals surface area contributed by atoms with E-state index >= 15 is 0 Å². The smallest absolute Gasteiger partial charge is 0.264 e. The largest absolute Gasteiger partial charge is 0.352 e. The van der Waals surface area contributed by atoms with E-state index in [9.17, 15) is 18.0 Å². The quantitative estimate of drug-likeness (QED) is 0.353. The molecule has 0 saturated heterocycles. The minimum absolute atomic E-state index is 0.00776. The van der Waals surface area contributed by atoms with E-state index < -0.39 is 28.5 Å². The summed E-state index contributed by atoms with van der Waals surface area (Å²) < 4.78 is 28.6. The highest BCUT2D eigenvalue weighted by atomic mass is 35.5. The van der Waals surface area contributed by atoms with Gasteiger partial charge < -0.3 is 10.2 Å². The highest BCUT2D eigenvalue weighted by Gasteiger charge is 2.33. The zero-order valence-corrected chi connectivity index (χ0v) is 23.7. The Hall–Kier alpha value is -3.36. The molecule has 0 radical (unpaired) electrons. The summed E-state index contributed by atoms with van der Waals surface area (Å²) in [6.07, 6.45) is 0.366. The molecule has 0 spiro atoms. The van der Waals surface area contributed by atoms with Crippen molar-refractivity contribution < 1.29 is 18.0 Å². The molecule has 2 amide bonds. The van der Waals surface area contributed by atoms with E-state index in [1.807, 2.05) is 52.0 Å². The summed E-state index contributed by atoms with van der Waals surface area (Å²) >= 11 is 5.98. The topological polar surface area (TPSA) is 86.8 Å². The predicted octanol–water partition coefficient (Wildman–Crippen LogP) is 5.18. The predicted molar refractivity (Wildman–Crippen MR) is 152 cm³/mol. The van der Waals surface area contributed by atoms with Crippen molar-refractivity contribution in [1.29, 1.82) is 0 Å². The van der Waals surface area contributed by atoms with Gasteiger partial charge in [0, 0.05) is 17.6 Å². The van der Waals surface area contributed by atoms with Crippen LogP contribution in [0.2, 0.25) is 5.02 Å². The lowest BCUT2D eigenvalue weighted by Crippen LogP contribution is -2.53. The molecule has 0 unspecified atom stereocenters. The van der Waals surface area contributed by atoms with Crippen LogP contribution in [0.1, 0.15) is 38.3 Å². The molecular weight excluding hydrogens is 522 g/mol. The number of amides is 2. The van der Waals surface area contributed by atoms with Gasteiger partial charge in [0.2, 0.25) is 11.8 Å². The Morgan fingerprint density at radius 3 is 2.18 bits per heavy atom. The molecule has 0 aromatic heterocycles. The fourth-order valence-corrected chi connectivity index (χ4v) is 5.70. The molecule has 9 heteroatoms. The molecule has 7 nitrogen and oxygen atoms in total. The molecule has 0 bridgehead atoms. The summed E-state index contributed by atoms with van der Waals surface area (Å²) in [5, 5.41) is 3.30. The molecule has 3 aromatic carbocycles. The average molecular weight is 556 g/mol. The molecule has 0 aliphatic carbocycles. The molecule has 3 aromatic rings. The second-order valence-corrected chi connectivity index (χ2v) is 11.7. The van der Waals surface area contributed by atoms with Crippen LogP contribution in [0.15, 0.2) is 83.8 Å². The van der Waals surface area contributed by atoms with Gasteiger partial charge in [0.25, 0.3) is 10.0 Å². The normalized spacial score (nSPS) is 12.2. The van der Waals surface area contributed by atoms with Crippen molar-refractivity contribution in [3.05, 3.63) is 95.0 Å². The van der Waals surface area contributed by atoms with E-state index in [-0.39, 0.29) is 23.4 Å². The third-order valence-electron chi connectivity index (χ3n) is 5.98. The molecule has 1 atom stereocenters. The van der Waals surface area contributed by atoms with Crippen molar-refractivity contribution in [2.24, 2.45) is 0 Å². The zero-order chi connectivity index (χ0) is 27.9. The molecule has 0 fully saturated rings. The first-order valence-corrected chi connectivity index (χ1v) is 14.3. The first-order chi connectivity index (χ1) is 18.0. The minimum Gasteiger partial charge on any atom is -0.352 e. The molecule has 0 heterocycles. The molecule has 0 aliphatic heterocycles. The van der Waals surface area contributed by atoms with E-state index in [4.69, 9.17) is 11.6 Å². The molecule has 1 N–H and O–H groups in total. The maximum atomic E-state index is 14.0. The summed E-state index contributed by atoms with van der Waals surface area (Å²) in [6.45, 7) is 7.18. The maximum absolute atomic E-state index is 14.0. The van der Waals surface area contributed by atoms with E-state index in [1.54, 1.807) is 30.3 Å². The number of hydrogen-bond acceptors (Lipinski definition) is 4. The lowest BCUT2D eigenvalue weighted by atomic mass is 10.1. The van der Waals surface area contributed by atoms with Crippen LogP contribution >= 0.6 is 11.6 Å². The molecule has 202 valence electrons.